The van der Waals surface area contributed by atoms with E-state index in [-0.39, 0.29) is 16.6 Å². The number of halogens is 2. The second kappa shape index (κ2) is 7.38. The fraction of sp³-hybridized carbons (Fsp3) is 0.118. The molecule has 0 spiro atoms. The molecule has 1 unspecified atom stereocenters. The van der Waals surface area contributed by atoms with Crippen LogP contribution in [0.2, 0.25) is 0 Å². The molecule has 0 fully saturated rings. The van der Waals surface area contributed by atoms with Crippen LogP contribution < -0.4 is 10.0 Å². The Balaban J connectivity index is 1.73. The minimum Gasteiger partial charge on any atom is -0.363 e. The largest absolute Gasteiger partial charge is 0.363 e. The van der Waals surface area contributed by atoms with E-state index in [2.05, 4.69) is 15.0 Å². The van der Waals surface area contributed by atoms with E-state index in [4.69, 9.17) is 0 Å². The number of hydrogen-bond acceptors (Lipinski definition) is 5. The Labute approximate surface area is 153 Å². The van der Waals surface area contributed by atoms with Crippen LogP contribution in [0, 0.1) is 11.6 Å². The number of benzene rings is 1. The maximum Gasteiger partial charge on any atom is 0.263 e. The summed E-state index contributed by atoms with van der Waals surface area (Å²) in [5, 5.41) is 5.15. The molecule has 0 saturated carbocycles. The molecule has 3 rings (SSSR count). The van der Waals surface area contributed by atoms with Crippen molar-refractivity contribution in [3.8, 4) is 0 Å². The summed E-state index contributed by atoms with van der Waals surface area (Å²) in [7, 11) is -3.96. The summed E-state index contributed by atoms with van der Waals surface area (Å²) in [4.78, 5) is 5.15. The minimum absolute atomic E-state index is 0.0327. The molecule has 0 aliphatic heterocycles. The fourth-order valence-electron chi connectivity index (χ4n) is 2.23. The number of nitrogens with one attached hydrogen (secondary N) is 2. The zero-order valence-electron chi connectivity index (χ0n) is 13.6. The molecule has 26 heavy (non-hydrogen) atoms. The Morgan fingerprint density at radius 2 is 1.92 bits per heavy atom. The predicted octanol–water partition coefficient (Wildman–Crippen LogP) is 4.40. The van der Waals surface area contributed by atoms with Crippen LogP contribution in [0.4, 0.5) is 20.3 Å². The van der Waals surface area contributed by atoms with Crippen molar-refractivity contribution in [2.75, 3.05) is 10.0 Å². The summed E-state index contributed by atoms with van der Waals surface area (Å²) >= 11 is 1.61. The number of anilines is 2. The van der Waals surface area contributed by atoms with Crippen LogP contribution >= 0.6 is 11.3 Å². The van der Waals surface area contributed by atoms with E-state index < -0.39 is 21.7 Å². The molecule has 0 radical (unpaired) electrons. The molecule has 0 aliphatic carbocycles. The average molecular weight is 395 g/mol. The Morgan fingerprint density at radius 3 is 2.54 bits per heavy atom. The summed E-state index contributed by atoms with van der Waals surface area (Å²) < 4.78 is 53.0. The molecular weight excluding hydrogens is 380 g/mol. The summed E-state index contributed by atoms with van der Waals surface area (Å²) in [5.41, 5.74) is -0.0718. The third kappa shape index (κ3) is 4.17. The molecule has 0 amide bonds. The molecule has 2 heterocycles. The van der Waals surface area contributed by atoms with E-state index in [1.807, 2.05) is 24.4 Å². The summed E-state index contributed by atoms with van der Waals surface area (Å²) in [5.74, 6) is -1.66. The van der Waals surface area contributed by atoms with Crippen molar-refractivity contribution < 1.29 is 17.2 Å². The van der Waals surface area contributed by atoms with Gasteiger partial charge in [-0.1, -0.05) is 6.07 Å². The van der Waals surface area contributed by atoms with Crippen molar-refractivity contribution in [3.05, 3.63) is 70.6 Å². The number of rotatable bonds is 6. The fourth-order valence-corrected chi connectivity index (χ4v) is 3.96. The van der Waals surface area contributed by atoms with E-state index in [9.17, 15) is 17.2 Å². The first-order chi connectivity index (χ1) is 12.3. The lowest BCUT2D eigenvalue weighted by molar-refractivity contribution is 0.509. The summed E-state index contributed by atoms with van der Waals surface area (Å²) in [6, 6.07) is 9.68. The van der Waals surface area contributed by atoms with E-state index in [1.165, 1.54) is 12.3 Å². The molecule has 9 heteroatoms. The van der Waals surface area contributed by atoms with Crippen molar-refractivity contribution in [3.63, 3.8) is 0 Å². The highest BCUT2D eigenvalue weighted by molar-refractivity contribution is 7.92. The first-order valence-electron chi connectivity index (χ1n) is 7.59. The zero-order chi connectivity index (χ0) is 18.7. The quantitative estimate of drug-likeness (QED) is 0.649. The van der Waals surface area contributed by atoms with Crippen molar-refractivity contribution in [2.24, 2.45) is 0 Å². The van der Waals surface area contributed by atoms with Gasteiger partial charge in [-0.25, -0.2) is 22.2 Å². The molecule has 2 aromatic heterocycles. The minimum atomic E-state index is -3.96. The number of pyridine rings is 1. The summed E-state index contributed by atoms with van der Waals surface area (Å²) in [6.45, 7) is 1.98. The van der Waals surface area contributed by atoms with Gasteiger partial charge in [-0.05, 0) is 42.6 Å². The molecule has 3 aromatic rings. The van der Waals surface area contributed by atoms with Crippen LogP contribution in [0.25, 0.3) is 0 Å². The molecule has 1 atom stereocenters. The second-order valence-electron chi connectivity index (χ2n) is 5.49. The topological polar surface area (TPSA) is 71.1 Å². The Morgan fingerprint density at radius 1 is 1.12 bits per heavy atom. The Hall–Kier alpha value is -2.52. The lowest BCUT2D eigenvalue weighted by Gasteiger charge is -2.13. The lowest BCUT2D eigenvalue weighted by Crippen LogP contribution is -2.14. The van der Waals surface area contributed by atoms with E-state index >= 15 is 0 Å². The van der Waals surface area contributed by atoms with Gasteiger partial charge in [0.1, 0.15) is 10.7 Å². The van der Waals surface area contributed by atoms with Gasteiger partial charge in [0.15, 0.2) is 11.6 Å². The first kappa shape index (κ1) is 18.3. The summed E-state index contributed by atoms with van der Waals surface area (Å²) in [6.07, 6.45) is 1.20. The standard InChI is InChI=1S/C17H15F2N3O2S2/c1-11(16-3-2-8-25-16)21-17-7-5-13(10-20-17)26(23,24)22-12-4-6-14(18)15(19)9-12/h2-11,22H,1H3,(H,20,21). The van der Waals surface area contributed by atoms with Gasteiger partial charge in [-0.2, -0.15) is 0 Å². The van der Waals surface area contributed by atoms with Gasteiger partial charge >= 0.3 is 0 Å². The normalized spacial score (nSPS) is 12.6. The average Bonchev–Trinajstić information content (AvgIpc) is 3.13. The molecular formula is C17H15F2N3O2S2. The Bertz CT molecular complexity index is 991. The number of aromatic nitrogens is 1. The highest BCUT2D eigenvalue weighted by atomic mass is 32.2. The molecule has 2 N–H and O–H groups in total. The van der Waals surface area contributed by atoms with Gasteiger partial charge in [0.2, 0.25) is 0 Å². The van der Waals surface area contributed by atoms with Crippen LogP contribution in [0.1, 0.15) is 17.8 Å². The third-order valence-corrected chi connectivity index (χ3v) is 5.97. The van der Waals surface area contributed by atoms with Gasteiger partial charge < -0.3 is 5.32 Å². The lowest BCUT2D eigenvalue weighted by atomic mass is 10.3. The highest BCUT2D eigenvalue weighted by Crippen LogP contribution is 2.23. The van der Waals surface area contributed by atoms with Crippen LogP contribution in [-0.4, -0.2) is 13.4 Å². The zero-order valence-corrected chi connectivity index (χ0v) is 15.2. The van der Waals surface area contributed by atoms with Crippen molar-refractivity contribution in [1.29, 1.82) is 0 Å². The van der Waals surface area contributed by atoms with Gasteiger partial charge in [0, 0.05) is 17.1 Å². The first-order valence-corrected chi connectivity index (χ1v) is 9.95. The molecule has 0 saturated heterocycles. The predicted molar refractivity (Wildman–Crippen MR) is 97.8 cm³/mol. The van der Waals surface area contributed by atoms with E-state index in [0.29, 0.717) is 5.82 Å². The third-order valence-electron chi connectivity index (χ3n) is 3.55. The number of sulfonamides is 1. The second-order valence-corrected chi connectivity index (χ2v) is 8.16. The maximum absolute atomic E-state index is 13.2. The van der Waals surface area contributed by atoms with E-state index in [0.717, 1.165) is 23.1 Å². The molecule has 5 nitrogen and oxygen atoms in total. The molecule has 136 valence electrons. The van der Waals surface area contributed by atoms with Crippen LogP contribution in [0.15, 0.2) is 58.9 Å². The number of nitrogens with zero attached hydrogens (tertiary/aromatic N) is 1. The molecule has 1 aromatic carbocycles. The SMILES string of the molecule is CC(Nc1ccc(S(=O)(=O)Nc2ccc(F)c(F)c2)cn1)c1cccs1. The highest BCUT2D eigenvalue weighted by Gasteiger charge is 2.16. The monoisotopic (exact) mass is 395 g/mol. The van der Waals surface area contributed by atoms with E-state index in [1.54, 1.807) is 17.4 Å². The van der Waals surface area contributed by atoms with Gasteiger partial charge in [0.25, 0.3) is 10.0 Å². The van der Waals surface area contributed by atoms with Crippen molar-refractivity contribution in [2.45, 2.75) is 17.9 Å². The van der Waals surface area contributed by atoms with Crippen LogP contribution in [0.3, 0.4) is 0 Å². The van der Waals surface area contributed by atoms with Gasteiger partial charge in [-0.3, -0.25) is 4.72 Å². The van der Waals surface area contributed by atoms with Crippen molar-refractivity contribution in [1.82, 2.24) is 4.98 Å². The maximum atomic E-state index is 13.2. The van der Waals surface area contributed by atoms with Gasteiger partial charge in [-0.15, -0.1) is 11.3 Å². The Kier molecular flexibility index (Phi) is 5.19. The smallest absolute Gasteiger partial charge is 0.263 e. The molecule has 0 bridgehead atoms. The van der Waals surface area contributed by atoms with Crippen LogP contribution in [0.5, 0.6) is 0 Å². The van der Waals surface area contributed by atoms with Gasteiger partial charge in [0.05, 0.1) is 11.7 Å². The molecule has 0 aliphatic rings. The van der Waals surface area contributed by atoms with Crippen molar-refractivity contribution >= 4 is 32.9 Å². The number of thiophene rings is 1. The van der Waals surface area contributed by atoms with Crippen LogP contribution in [-0.2, 0) is 10.0 Å². The number of hydrogen-bond donors (Lipinski definition) is 2.